The van der Waals surface area contributed by atoms with E-state index in [0.717, 1.165) is 32.9 Å². The molecule has 0 aromatic heterocycles. The van der Waals surface area contributed by atoms with E-state index in [-0.39, 0.29) is 11.6 Å². The maximum Gasteiger partial charge on any atom is 0.261 e. The molecule has 0 saturated carbocycles. The van der Waals surface area contributed by atoms with Crippen LogP contribution in [0.1, 0.15) is 26.3 Å². The molecule has 0 aliphatic rings. The number of rotatable bonds is 8. The van der Waals surface area contributed by atoms with Gasteiger partial charge in [-0.05, 0) is 31.7 Å². The van der Waals surface area contributed by atoms with Gasteiger partial charge in [0.15, 0.2) is 0 Å². The standard InChI is InChI=1S/C33H34O3Si/c1-33(2,3)37(25-14-6-4-7-15-25,26-16-8-5-9-17-26)36-23-22-35-32-29-20-12-10-18-27(29)31(24-34)28-19-11-13-21-30(28)32/h4-21,34H,22-24H2,1-3H3. The summed E-state index contributed by atoms with van der Waals surface area (Å²) in [6.07, 6.45) is 0. The molecule has 0 heterocycles. The van der Waals surface area contributed by atoms with Crippen LogP contribution in [-0.2, 0) is 11.0 Å². The summed E-state index contributed by atoms with van der Waals surface area (Å²) in [7, 11) is -2.62. The van der Waals surface area contributed by atoms with Crippen LogP contribution in [0.15, 0.2) is 109 Å². The van der Waals surface area contributed by atoms with Gasteiger partial charge in [0.2, 0.25) is 0 Å². The summed E-state index contributed by atoms with van der Waals surface area (Å²) in [6, 6.07) is 37.7. The highest BCUT2D eigenvalue weighted by molar-refractivity contribution is 6.99. The normalized spacial score (nSPS) is 12.2. The first-order valence-corrected chi connectivity index (χ1v) is 14.8. The van der Waals surface area contributed by atoms with E-state index in [1.807, 2.05) is 24.3 Å². The van der Waals surface area contributed by atoms with E-state index < -0.39 is 8.32 Å². The van der Waals surface area contributed by atoms with Gasteiger partial charge in [-0.3, -0.25) is 0 Å². The molecule has 0 spiro atoms. The van der Waals surface area contributed by atoms with Crippen molar-refractivity contribution in [3.05, 3.63) is 115 Å². The Morgan fingerprint density at radius 2 is 1.03 bits per heavy atom. The molecule has 0 unspecified atom stereocenters. The zero-order valence-corrected chi connectivity index (χ0v) is 22.8. The molecule has 0 bridgehead atoms. The Bertz CT molecular complexity index is 1390. The van der Waals surface area contributed by atoms with Crippen LogP contribution in [-0.4, -0.2) is 26.6 Å². The molecule has 0 aliphatic carbocycles. The smallest absolute Gasteiger partial charge is 0.261 e. The van der Waals surface area contributed by atoms with Gasteiger partial charge in [0.05, 0.1) is 13.2 Å². The monoisotopic (exact) mass is 506 g/mol. The molecule has 188 valence electrons. The van der Waals surface area contributed by atoms with Crippen molar-refractivity contribution < 1.29 is 14.3 Å². The molecule has 0 radical (unpaired) electrons. The van der Waals surface area contributed by atoms with Crippen molar-refractivity contribution in [1.82, 2.24) is 0 Å². The molecule has 0 fully saturated rings. The summed E-state index contributed by atoms with van der Waals surface area (Å²) in [5.41, 5.74) is 0.933. The highest BCUT2D eigenvalue weighted by Gasteiger charge is 2.50. The summed E-state index contributed by atoms with van der Waals surface area (Å²) >= 11 is 0. The number of hydrogen-bond donors (Lipinski definition) is 1. The van der Waals surface area contributed by atoms with Crippen LogP contribution in [0, 0.1) is 0 Å². The number of benzene rings is 5. The molecule has 5 aromatic rings. The van der Waals surface area contributed by atoms with Crippen molar-refractivity contribution in [1.29, 1.82) is 0 Å². The average molecular weight is 507 g/mol. The number of aliphatic hydroxyl groups excluding tert-OH is 1. The number of hydrogen-bond acceptors (Lipinski definition) is 3. The zero-order valence-electron chi connectivity index (χ0n) is 21.8. The van der Waals surface area contributed by atoms with Gasteiger partial charge in [-0.1, -0.05) is 130 Å². The Kier molecular flexibility index (Phi) is 7.16. The SMILES string of the molecule is CC(C)(C)[Si](OCCOc1c2ccccc2c(CO)c2ccccc12)(c1ccccc1)c1ccccc1. The van der Waals surface area contributed by atoms with Crippen molar-refractivity contribution in [2.75, 3.05) is 13.2 Å². The predicted molar refractivity (Wildman–Crippen MR) is 156 cm³/mol. The predicted octanol–water partition coefficient (Wildman–Crippen LogP) is 6.44. The summed E-state index contributed by atoms with van der Waals surface area (Å²) in [5, 5.41) is 16.7. The molecule has 37 heavy (non-hydrogen) atoms. The van der Waals surface area contributed by atoms with Crippen molar-refractivity contribution >= 4 is 40.2 Å². The van der Waals surface area contributed by atoms with Crippen molar-refractivity contribution in [3.8, 4) is 5.75 Å². The van der Waals surface area contributed by atoms with Crippen LogP contribution >= 0.6 is 0 Å². The Balaban J connectivity index is 1.51. The lowest BCUT2D eigenvalue weighted by atomic mass is 9.96. The Morgan fingerprint density at radius 3 is 1.46 bits per heavy atom. The Labute approximate surface area is 220 Å². The Hall–Kier alpha value is -3.44. The lowest BCUT2D eigenvalue weighted by Crippen LogP contribution is -2.66. The van der Waals surface area contributed by atoms with E-state index in [1.54, 1.807) is 0 Å². The van der Waals surface area contributed by atoms with Crippen molar-refractivity contribution in [3.63, 3.8) is 0 Å². The van der Waals surface area contributed by atoms with Crippen molar-refractivity contribution in [2.45, 2.75) is 32.4 Å². The first kappa shape index (κ1) is 25.2. The minimum absolute atomic E-state index is 0.0156. The van der Waals surface area contributed by atoms with Crippen LogP contribution in [0.25, 0.3) is 21.5 Å². The summed E-state index contributed by atoms with van der Waals surface area (Å²) in [6.45, 7) is 7.74. The third kappa shape index (κ3) is 4.57. The highest BCUT2D eigenvalue weighted by Crippen LogP contribution is 2.39. The Morgan fingerprint density at radius 1 is 0.595 bits per heavy atom. The second kappa shape index (κ2) is 10.5. The summed E-state index contributed by atoms with van der Waals surface area (Å²) in [5.74, 6) is 0.842. The van der Waals surface area contributed by atoms with Crippen LogP contribution < -0.4 is 15.1 Å². The van der Waals surface area contributed by atoms with Crippen molar-refractivity contribution in [2.24, 2.45) is 0 Å². The fourth-order valence-corrected chi connectivity index (χ4v) is 10.1. The fraction of sp³-hybridized carbons (Fsp3) is 0.212. The second-order valence-corrected chi connectivity index (χ2v) is 14.7. The number of ether oxygens (including phenoxy) is 1. The van der Waals surface area contributed by atoms with Gasteiger partial charge in [-0.25, -0.2) is 0 Å². The minimum atomic E-state index is -2.62. The number of fused-ring (bicyclic) bond motifs is 2. The first-order valence-electron chi connectivity index (χ1n) is 12.9. The van der Waals surface area contributed by atoms with E-state index >= 15 is 0 Å². The van der Waals surface area contributed by atoms with E-state index in [4.69, 9.17) is 9.16 Å². The van der Waals surface area contributed by atoms with Gasteiger partial charge in [0.25, 0.3) is 8.32 Å². The molecule has 5 aromatic carbocycles. The minimum Gasteiger partial charge on any atom is -0.490 e. The molecule has 0 saturated heterocycles. The van der Waals surface area contributed by atoms with Gasteiger partial charge in [0, 0.05) is 10.8 Å². The first-order chi connectivity index (χ1) is 18.0. The van der Waals surface area contributed by atoms with Crippen LogP contribution in [0.5, 0.6) is 5.75 Å². The van der Waals surface area contributed by atoms with Crippen LogP contribution in [0.3, 0.4) is 0 Å². The van der Waals surface area contributed by atoms with Gasteiger partial charge < -0.3 is 14.3 Å². The third-order valence-electron chi connectivity index (χ3n) is 7.22. The van der Waals surface area contributed by atoms with E-state index in [9.17, 15) is 5.11 Å². The molecule has 1 N–H and O–H groups in total. The van der Waals surface area contributed by atoms with Gasteiger partial charge in [0.1, 0.15) is 12.4 Å². The molecule has 0 atom stereocenters. The maximum atomic E-state index is 10.2. The lowest BCUT2D eigenvalue weighted by molar-refractivity contribution is 0.211. The third-order valence-corrected chi connectivity index (χ3v) is 12.3. The average Bonchev–Trinajstić information content (AvgIpc) is 2.93. The molecular formula is C33H34O3Si. The molecule has 0 amide bonds. The number of aliphatic hydroxyl groups is 1. The molecule has 5 rings (SSSR count). The van der Waals surface area contributed by atoms with Gasteiger partial charge in [-0.2, -0.15) is 0 Å². The molecule has 0 aliphatic heterocycles. The van der Waals surface area contributed by atoms with E-state index in [2.05, 4.69) is 106 Å². The zero-order chi connectivity index (χ0) is 25.9. The quantitative estimate of drug-likeness (QED) is 0.150. The maximum absolute atomic E-state index is 10.2. The van der Waals surface area contributed by atoms with E-state index in [0.29, 0.717) is 13.2 Å². The van der Waals surface area contributed by atoms with Crippen LogP contribution in [0.4, 0.5) is 0 Å². The second-order valence-electron chi connectivity index (χ2n) is 10.4. The molecular weight excluding hydrogens is 472 g/mol. The molecule has 3 nitrogen and oxygen atoms in total. The van der Waals surface area contributed by atoms with Gasteiger partial charge >= 0.3 is 0 Å². The van der Waals surface area contributed by atoms with Crippen LogP contribution in [0.2, 0.25) is 5.04 Å². The van der Waals surface area contributed by atoms with E-state index in [1.165, 1.54) is 10.4 Å². The molecule has 4 heteroatoms. The highest BCUT2D eigenvalue weighted by atomic mass is 28.4. The topological polar surface area (TPSA) is 38.7 Å². The summed E-state index contributed by atoms with van der Waals surface area (Å²) in [4.78, 5) is 0. The lowest BCUT2D eigenvalue weighted by Gasteiger charge is -2.43. The van der Waals surface area contributed by atoms with Gasteiger partial charge in [-0.15, -0.1) is 0 Å². The summed E-state index contributed by atoms with van der Waals surface area (Å²) < 4.78 is 13.6. The largest absolute Gasteiger partial charge is 0.490 e. The fourth-order valence-electron chi connectivity index (χ4n) is 5.60.